The number of ether oxygens (including phenoxy) is 1. The summed E-state index contributed by atoms with van der Waals surface area (Å²) in [6.45, 7) is 43.3. The van der Waals surface area contributed by atoms with Crippen molar-refractivity contribution < 1.29 is 32.7 Å². The summed E-state index contributed by atoms with van der Waals surface area (Å²) in [5.74, 6) is -1.69. The molecular formula is C37H76O7Si3. The number of esters is 1. The number of methoxy groups -OCH3 is 1. The van der Waals surface area contributed by atoms with E-state index in [-0.39, 0.29) is 51.4 Å². The summed E-state index contributed by atoms with van der Waals surface area (Å²) in [5.41, 5.74) is 0. The second-order valence-electron chi connectivity index (χ2n) is 18.7. The molecule has 0 heterocycles. The van der Waals surface area contributed by atoms with Crippen LogP contribution in [0.2, 0.25) is 54.4 Å². The van der Waals surface area contributed by atoms with Crippen LogP contribution in [0.15, 0.2) is 12.2 Å². The van der Waals surface area contributed by atoms with Crippen LogP contribution in [0.3, 0.4) is 0 Å². The van der Waals surface area contributed by atoms with Gasteiger partial charge in [-0.1, -0.05) is 95.2 Å². The zero-order valence-corrected chi connectivity index (χ0v) is 37.4. The zero-order chi connectivity index (χ0) is 37.7. The normalized spacial score (nSPS) is 19.4. The molecule has 0 saturated carbocycles. The number of carbonyl (C=O) groups is 2. The molecule has 0 aromatic rings. The maximum Gasteiger partial charge on any atom is 0.310 e. The van der Waals surface area contributed by atoms with Gasteiger partial charge in [0.05, 0.1) is 31.3 Å². The van der Waals surface area contributed by atoms with Crippen LogP contribution in [0.25, 0.3) is 0 Å². The summed E-state index contributed by atoms with van der Waals surface area (Å²) in [7, 11) is -5.11. The smallest absolute Gasteiger partial charge is 0.310 e. The van der Waals surface area contributed by atoms with Crippen molar-refractivity contribution in [3.63, 3.8) is 0 Å². The predicted octanol–water partition coefficient (Wildman–Crippen LogP) is 9.77. The fourth-order valence-corrected chi connectivity index (χ4v) is 9.16. The molecule has 0 aliphatic rings. The molecule has 0 radical (unpaired) electrons. The molecule has 0 saturated heterocycles. The van der Waals surface area contributed by atoms with Gasteiger partial charge in [-0.05, 0) is 74.2 Å². The summed E-state index contributed by atoms with van der Waals surface area (Å²) in [4.78, 5) is 26.2. The molecule has 0 aliphatic heterocycles. The molecule has 0 aromatic carbocycles. The summed E-state index contributed by atoms with van der Waals surface area (Å²) in [6.07, 6.45) is 1.91. The van der Waals surface area contributed by atoms with Gasteiger partial charge in [0.15, 0.2) is 25.0 Å². The maximum atomic E-state index is 13.6. The molecule has 10 heteroatoms. The third-order valence-corrected chi connectivity index (χ3v) is 25.2. The first kappa shape index (κ1) is 46.4. The largest absolute Gasteiger partial charge is 0.469 e. The van der Waals surface area contributed by atoms with Gasteiger partial charge in [0.25, 0.3) is 0 Å². The number of hydrogen-bond acceptors (Lipinski definition) is 7. The molecule has 0 aliphatic carbocycles. The van der Waals surface area contributed by atoms with Crippen molar-refractivity contribution in [2.24, 2.45) is 23.7 Å². The van der Waals surface area contributed by atoms with E-state index in [9.17, 15) is 14.7 Å². The van der Waals surface area contributed by atoms with Crippen LogP contribution in [0.4, 0.5) is 0 Å². The molecule has 0 fully saturated rings. The van der Waals surface area contributed by atoms with Gasteiger partial charge in [-0.15, -0.1) is 0 Å². The number of aliphatic hydroxyl groups is 1. The third kappa shape index (κ3) is 13.2. The Bertz CT molecular complexity index is 1030. The van der Waals surface area contributed by atoms with E-state index in [2.05, 4.69) is 122 Å². The molecule has 278 valence electrons. The Kier molecular flexibility index (Phi) is 16.8. The van der Waals surface area contributed by atoms with E-state index in [1.165, 1.54) is 7.11 Å². The lowest BCUT2D eigenvalue weighted by atomic mass is 9.87. The molecule has 0 spiro atoms. The topological polar surface area (TPSA) is 91.3 Å². The second kappa shape index (κ2) is 17.1. The summed E-state index contributed by atoms with van der Waals surface area (Å²) in [6, 6.07) is 0. The number of aliphatic hydroxyl groups excluding tert-OH is 1. The van der Waals surface area contributed by atoms with Crippen molar-refractivity contribution in [3.8, 4) is 0 Å². The minimum Gasteiger partial charge on any atom is -0.469 e. The molecule has 7 nitrogen and oxygen atoms in total. The fraction of sp³-hybridized carbons (Fsp3) is 0.892. The number of carbonyl (C=O) groups excluding carboxylic acids is 2. The van der Waals surface area contributed by atoms with E-state index < -0.39 is 55.0 Å². The average Bonchev–Trinajstić information content (AvgIpc) is 2.89. The van der Waals surface area contributed by atoms with E-state index >= 15 is 0 Å². The van der Waals surface area contributed by atoms with E-state index in [1.807, 2.05) is 6.08 Å². The van der Waals surface area contributed by atoms with Gasteiger partial charge < -0.3 is 23.1 Å². The van der Waals surface area contributed by atoms with Crippen molar-refractivity contribution >= 4 is 36.7 Å². The zero-order valence-electron chi connectivity index (χ0n) is 34.4. The van der Waals surface area contributed by atoms with Crippen molar-refractivity contribution in [1.29, 1.82) is 0 Å². The second-order valence-corrected chi connectivity index (χ2v) is 33.0. The molecule has 1 N–H and O–H groups in total. The van der Waals surface area contributed by atoms with Crippen LogP contribution in [0, 0.1) is 23.7 Å². The van der Waals surface area contributed by atoms with Gasteiger partial charge in [-0.25, -0.2) is 0 Å². The highest BCUT2D eigenvalue weighted by Gasteiger charge is 2.46. The lowest BCUT2D eigenvalue weighted by Gasteiger charge is -2.45. The highest BCUT2D eigenvalue weighted by molar-refractivity contribution is 6.75. The van der Waals surface area contributed by atoms with E-state index in [0.717, 1.165) is 0 Å². The van der Waals surface area contributed by atoms with E-state index in [0.29, 0.717) is 0 Å². The Morgan fingerprint density at radius 1 is 0.638 bits per heavy atom. The van der Waals surface area contributed by atoms with Crippen molar-refractivity contribution in [3.05, 3.63) is 12.2 Å². The maximum absolute atomic E-state index is 13.6. The van der Waals surface area contributed by atoms with Gasteiger partial charge in [0, 0.05) is 24.4 Å². The Morgan fingerprint density at radius 3 is 1.40 bits per heavy atom. The number of hydrogen-bond donors (Lipinski definition) is 1. The molecule has 0 amide bonds. The summed E-state index contributed by atoms with van der Waals surface area (Å²) >= 11 is 0. The summed E-state index contributed by atoms with van der Waals surface area (Å²) in [5, 5.41) is 11.1. The van der Waals surface area contributed by atoms with Crippen LogP contribution in [0.1, 0.15) is 103 Å². The van der Waals surface area contributed by atoms with Crippen molar-refractivity contribution in [2.75, 3.05) is 7.11 Å². The molecule has 47 heavy (non-hydrogen) atoms. The lowest BCUT2D eigenvalue weighted by molar-refractivity contribution is -0.150. The Balaban J connectivity index is 6.19. The monoisotopic (exact) mass is 716 g/mol. The Hall–Kier alpha value is -0.629. The predicted molar refractivity (Wildman–Crippen MR) is 205 cm³/mol. The van der Waals surface area contributed by atoms with Gasteiger partial charge in [0.2, 0.25) is 0 Å². The van der Waals surface area contributed by atoms with Crippen LogP contribution < -0.4 is 0 Å². The van der Waals surface area contributed by atoms with Crippen LogP contribution >= 0.6 is 0 Å². The van der Waals surface area contributed by atoms with Crippen LogP contribution in [-0.4, -0.2) is 73.3 Å². The van der Waals surface area contributed by atoms with E-state index in [4.69, 9.17) is 18.0 Å². The van der Waals surface area contributed by atoms with Gasteiger partial charge in [-0.3, -0.25) is 9.59 Å². The minimum atomic E-state index is -2.31. The van der Waals surface area contributed by atoms with Crippen molar-refractivity contribution in [2.45, 2.75) is 182 Å². The molecule has 8 atom stereocenters. The molecule has 0 unspecified atom stereocenters. The first-order chi connectivity index (χ1) is 20.7. The van der Waals surface area contributed by atoms with Crippen molar-refractivity contribution in [1.82, 2.24) is 0 Å². The van der Waals surface area contributed by atoms with E-state index in [1.54, 1.807) is 19.9 Å². The lowest BCUT2D eigenvalue weighted by Crippen LogP contribution is -2.51. The number of rotatable bonds is 17. The van der Waals surface area contributed by atoms with Gasteiger partial charge in [0.1, 0.15) is 5.78 Å². The fourth-order valence-electron chi connectivity index (χ4n) is 4.76. The van der Waals surface area contributed by atoms with Crippen LogP contribution in [0.5, 0.6) is 0 Å². The quantitative estimate of drug-likeness (QED) is 0.0911. The van der Waals surface area contributed by atoms with Gasteiger partial charge >= 0.3 is 5.97 Å². The Labute approximate surface area is 293 Å². The third-order valence-electron chi connectivity index (χ3n) is 11.7. The van der Waals surface area contributed by atoms with Gasteiger partial charge in [-0.2, -0.15) is 0 Å². The first-order valence-corrected chi connectivity index (χ1v) is 26.5. The molecular weight excluding hydrogens is 641 g/mol. The Morgan fingerprint density at radius 2 is 1.02 bits per heavy atom. The highest BCUT2D eigenvalue weighted by atomic mass is 28.4. The molecule has 0 bridgehead atoms. The first-order valence-electron chi connectivity index (χ1n) is 17.7. The highest BCUT2D eigenvalue weighted by Crippen LogP contribution is 2.42. The van der Waals surface area contributed by atoms with Crippen LogP contribution in [-0.2, 0) is 27.6 Å². The number of Topliss-reactive ketones (excluding diaryl/α,β-unsaturated/α-hetero) is 1. The summed E-state index contributed by atoms with van der Waals surface area (Å²) < 4.78 is 25.6. The average molecular weight is 717 g/mol. The minimum absolute atomic E-state index is 0.0107. The molecule has 0 rings (SSSR count). The molecule has 0 aromatic heterocycles. The SMILES string of the molecule is COC(=O)[C@H](C)[C@@H](O[Si](C)(C)C(C)(C)C)[C@@H](C)C(=O)C[C@H](O)/C=C\[C@H](C)[C@H](O[Si](C)(C)C(C)(C)C)[C@@H](C)[C@H](C)O[Si](C)(C)C(C)(C)C. The number of ketones is 1. The standard InChI is InChI=1S/C37H76O7Si3/c1-25(32(43-46(18,19)36(9,10)11)26(2)29(5)42-45(16,17)35(6,7)8)22-23-30(38)24-31(39)27(3)33(28(4)34(40)41-15)44-47(20,21)37(12,13)14/h22-23,25-30,32-33,38H,24H2,1-21H3/b23-22-/t25-,26-,27-,28+,29-,30+,32-,33-/m0/s1.